The quantitative estimate of drug-likeness (QED) is 0.525. The van der Waals surface area contributed by atoms with Crippen molar-refractivity contribution in [2.45, 2.75) is 13.8 Å². The van der Waals surface area contributed by atoms with Crippen LogP contribution >= 0.6 is 0 Å². The summed E-state index contributed by atoms with van der Waals surface area (Å²) in [6, 6.07) is 10.1. The van der Waals surface area contributed by atoms with Gasteiger partial charge in [0.25, 0.3) is 11.8 Å². The van der Waals surface area contributed by atoms with Gasteiger partial charge in [-0.05, 0) is 42.3 Å². The van der Waals surface area contributed by atoms with Crippen molar-refractivity contribution in [3.8, 4) is 5.75 Å². The number of furan rings is 1. The number of nitrogens with one attached hydrogen (secondary N) is 2. The lowest BCUT2D eigenvalue weighted by atomic mass is 10.2. The van der Waals surface area contributed by atoms with Crippen LogP contribution in [0.25, 0.3) is 6.08 Å². The Morgan fingerprint density at radius 3 is 2.56 bits per heavy atom. The summed E-state index contributed by atoms with van der Waals surface area (Å²) in [5, 5.41) is 5.26. The number of hydrogen-bond acceptors (Lipinski definition) is 4. The zero-order valence-corrected chi connectivity index (χ0v) is 15.5. The van der Waals surface area contributed by atoms with E-state index in [0.717, 1.165) is 0 Å². The smallest absolute Gasteiger partial charge is 0.268 e. The molecule has 0 saturated heterocycles. The van der Waals surface area contributed by atoms with Crippen LogP contribution in [0, 0.1) is 5.92 Å². The van der Waals surface area contributed by atoms with Crippen LogP contribution in [0.2, 0.25) is 0 Å². The Morgan fingerprint density at radius 1 is 1.22 bits per heavy atom. The molecular weight excluding hydrogens is 344 g/mol. The summed E-state index contributed by atoms with van der Waals surface area (Å²) in [5.41, 5.74) is 0.491. The Bertz CT molecular complexity index is 790. The average molecular weight is 368 g/mol. The lowest BCUT2D eigenvalue weighted by molar-refractivity contribution is -0.117. The highest BCUT2D eigenvalue weighted by atomic mass is 16.5. The highest BCUT2D eigenvalue weighted by Crippen LogP contribution is 2.14. The van der Waals surface area contributed by atoms with Gasteiger partial charge in [-0.2, -0.15) is 0 Å². The molecule has 142 valence electrons. The number of ether oxygens (including phenoxy) is 1. The Labute approximate surface area is 158 Å². The number of rotatable bonds is 9. The molecule has 0 saturated carbocycles. The van der Waals surface area contributed by atoms with E-state index in [4.69, 9.17) is 9.15 Å². The molecule has 0 radical (unpaired) electrons. The van der Waals surface area contributed by atoms with Crippen LogP contribution in [0.1, 0.15) is 30.0 Å². The van der Waals surface area contributed by atoms with Crippen LogP contribution in [0.3, 0.4) is 0 Å². The molecule has 0 fully saturated rings. The predicted octanol–water partition coefficient (Wildman–Crippen LogP) is 3.39. The van der Waals surface area contributed by atoms with E-state index in [1.165, 1.54) is 12.3 Å². The van der Waals surface area contributed by atoms with Crippen molar-refractivity contribution in [3.63, 3.8) is 0 Å². The maximum absolute atomic E-state index is 12.5. The predicted molar refractivity (Wildman–Crippen MR) is 104 cm³/mol. The zero-order valence-electron chi connectivity index (χ0n) is 15.5. The van der Waals surface area contributed by atoms with Crippen LogP contribution in [-0.2, 0) is 4.79 Å². The van der Waals surface area contributed by atoms with Gasteiger partial charge in [0.15, 0.2) is 0 Å². The van der Waals surface area contributed by atoms with Gasteiger partial charge in [-0.1, -0.05) is 19.9 Å². The van der Waals surface area contributed by atoms with E-state index in [1.54, 1.807) is 42.5 Å². The molecule has 27 heavy (non-hydrogen) atoms. The van der Waals surface area contributed by atoms with Crippen LogP contribution in [0.15, 0.2) is 65.4 Å². The van der Waals surface area contributed by atoms with Gasteiger partial charge >= 0.3 is 0 Å². The van der Waals surface area contributed by atoms with Gasteiger partial charge in [0.2, 0.25) is 0 Å². The molecule has 0 spiro atoms. The van der Waals surface area contributed by atoms with Gasteiger partial charge in [0.1, 0.15) is 17.2 Å². The standard InChI is InChI=1S/C21H24N2O4/c1-4-11-22-21(25)19(13-18-6-5-12-26-18)23-20(24)16-7-9-17(10-8-16)27-14-15(2)3/h4-10,12-13,15H,1,11,14H2,2-3H3,(H,22,25)(H,23,24)/b19-13+. The monoisotopic (exact) mass is 368 g/mol. The molecule has 1 aromatic heterocycles. The van der Waals surface area contributed by atoms with Gasteiger partial charge < -0.3 is 19.8 Å². The molecule has 1 aromatic carbocycles. The third kappa shape index (κ3) is 6.51. The van der Waals surface area contributed by atoms with Crippen molar-refractivity contribution in [3.05, 3.63) is 72.3 Å². The normalized spacial score (nSPS) is 11.1. The first-order chi connectivity index (χ1) is 13.0. The van der Waals surface area contributed by atoms with E-state index in [9.17, 15) is 9.59 Å². The molecule has 1 heterocycles. The second kappa shape index (κ2) is 10.0. The Kier molecular flexibility index (Phi) is 7.43. The first kappa shape index (κ1) is 20.0. The Morgan fingerprint density at radius 2 is 1.96 bits per heavy atom. The molecule has 0 aliphatic heterocycles. The Balaban J connectivity index is 2.10. The maximum Gasteiger partial charge on any atom is 0.268 e. The molecule has 6 nitrogen and oxygen atoms in total. The lowest BCUT2D eigenvalue weighted by Crippen LogP contribution is -2.34. The lowest BCUT2D eigenvalue weighted by Gasteiger charge is -2.11. The molecule has 2 amide bonds. The Hall–Kier alpha value is -3.28. The van der Waals surface area contributed by atoms with Gasteiger partial charge in [-0.3, -0.25) is 9.59 Å². The fourth-order valence-corrected chi connectivity index (χ4v) is 2.09. The van der Waals surface area contributed by atoms with Crippen molar-refractivity contribution in [2.75, 3.05) is 13.2 Å². The number of hydrogen-bond donors (Lipinski definition) is 2. The zero-order chi connectivity index (χ0) is 19.6. The second-order valence-electron chi connectivity index (χ2n) is 6.26. The maximum atomic E-state index is 12.5. The van der Waals surface area contributed by atoms with E-state index < -0.39 is 11.8 Å². The van der Waals surface area contributed by atoms with E-state index >= 15 is 0 Å². The van der Waals surface area contributed by atoms with E-state index in [0.29, 0.717) is 29.6 Å². The first-order valence-electron chi connectivity index (χ1n) is 8.68. The molecule has 6 heteroatoms. The number of carbonyl (C=O) groups excluding carboxylic acids is 2. The SMILES string of the molecule is C=CCNC(=O)/C(=C\c1ccco1)NC(=O)c1ccc(OCC(C)C)cc1. The average Bonchev–Trinajstić information content (AvgIpc) is 3.17. The minimum absolute atomic E-state index is 0.0805. The summed E-state index contributed by atoms with van der Waals surface area (Å²) in [5.74, 6) is 0.719. The summed E-state index contributed by atoms with van der Waals surface area (Å²) in [6.45, 7) is 8.57. The van der Waals surface area contributed by atoms with Crippen molar-refractivity contribution < 1.29 is 18.7 Å². The van der Waals surface area contributed by atoms with E-state index in [1.807, 2.05) is 0 Å². The molecule has 0 bridgehead atoms. The van der Waals surface area contributed by atoms with Crippen LogP contribution in [-0.4, -0.2) is 25.0 Å². The van der Waals surface area contributed by atoms with Crippen molar-refractivity contribution in [1.29, 1.82) is 0 Å². The molecule has 0 unspecified atom stereocenters. The molecule has 0 aliphatic rings. The van der Waals surface area contributed by atoms with Crippen LogP contribution in [0.4, 0.5) is 0 Å². The third-order valence-electron chi connectivity index (χ3n) is 3.43. The van der Waals surface area contributed by atoms with E-state index in [2.05, 4.69) is 31.1 Å². The number of benzene rings is 1. The van der Waals surface area contributed by atoms with Crippen LogP contribution < -0.4 is 15.4 Å². The van der Waals surface area contributed by atoms with Crippen molar-refractivity contribution in [1.82, 2.24) is 10.6 Å². The van der Waals surface area contributed by atoms with Crippen molar-refractivity contribution in [2.24, 2.45) is 5.92 Å². The third-order valence-corrected chi connectivity index (χ3v) is 3.43. The molecule has 2 N–H and O–H groups in total. The van der Waals surface area contributed by atoms with Gasteiger partial charge in [-0.25, -0.2) is 0 Å². The molecule has 2 aromatic rings. The van der Waals surface area contributed by atoms with Gasteiger partial charge in [0, 0.05) is 18.2 Å². The fraction of sp³-hybridized carbons (Fsp3) is 0.238. The minimum Gasteiger partial charge on any atom is -0.493 e. The van der Waals surface area contributed by atoms with Crippen LogP contribution in [0.5, 0.6) is 5.75 Å². The summed E-state index contributed by atoms with van der Waals surface area (Å²) in [4.78, 5) is 24.8. The summed E-state index contributed by atoms with van der Waals surface area (Å²) in [6.07, 6.45) is 4.51. The van der Waals surface area contributed by atoms with Gasteiger partial charge in [-0.15, -0.1) is 6.58 Å². The largest absolute Gasteiger partial charge is 0.493 e. The van der Waals surface area contributed by atoms with Gasteiger partial charge in [0.05, 0.1) is 12.9 Å². The minimum atomic E-state index is -0.434. The topological polar surface area (TPSA) is 80.6 Å². The fourth-order valence-electron chi connectivity index (χ4n) is 2.09. The molecule has 0 atom stereocenters. The molecule has 2 rings (SSSR count). The second-order valence-corrected chi connectivity index (χ2v) is 6.26. The summed E-state index contributed by atoms with van der Waals surface area (Å²) in [7, 11) is 0. The molecule has 0 aliphatic carbocycles. The highest BCUT2D eigenvalue weighted by molar-refractivity contribution is 6.05. The number of amides is 2. The molecular formula is C21H24N2O4. The highest BCUT2D eigenvalue weighted by Gasteiger charge is 2.15. The summed E-state index contributed by atoms with van der Waals surface area (Å²) >= 11 is 0. The number of carbonyl (C=O) groups is 2. The van der Waals surface area contributed by atoms with Crippen molar-refractivity contribution >= 4 is 17.9 Å². The van der Waals surface area contributed by atoms with E-state index in [-0.39, 0.29) is 12.2 Å². The summed E-state index contributed by atoms with van der Waals surface area (Å²) < 4.78 is 10.8. The first-order valence-corrected chi connectivity index (χ1v) is 8.68.